The van der Waals surface area contributed by atoms with Crippen LogP contribution in [-0.4, -0.2) is 0 Å². The lowest BCUT2D eigenvalue weighted by atomic mass is 10.1. The Bertz CT molecular complexity index is 451. The van der Waals surface area contributed by atoms with E-state index in [4.69, 9.17) is 39.2 Å². The molecule has 2 rings (SSSR count). The molecule has 78 valence electrons. The lowest BCUT2D eigenvalue weighted by molar-refractivity contribution is 0.564. The number of alkyl halides is 1. The van der Waals surface area contributed by atoms with Crippen molar-refractivity contribution in [3.63, 3.8) is 0 Å². The Hall–Kier alpha value is -0.630. The molecule has 1 atom stereocenters. The van der Waals surface area contributed by atoms with Gasteiger partial charge in [0.1, 0.15) is 0 Å². The second-order valence-electron chi connectivity index (χ2n) is 3.09. The van der Waals surface area contributed by atoms with Crippen LogP contribution < -0.4 is 0 Å². The van der Waals surface area contributed by atoms with Gasteiger partial charge < -0.3 is 4.42 Å². The highest BCUT2D eigenvalue weighted by molar-refractivity contribution is 6.36. The summed E-state index contributed by atoms with van der Waals surface area (Å²) in [4.78, 5) is 0. The lowest BCUT2D eigenvalue weighted by Gasteiger charge is -2.09. The molecule has 1 nitrogen and oxygen atoms in total. The summed E-state index contributed by atoms with van der Waals surface area (Å²) >= 11 is 18.1. The molecule has 0 N–H and O–H groups in total. The molecule has 0 amide bonds. The van der Waals surface area contributed by atoms with E-state index in [0.29, 0.717) is 10.0 Å². The van der Waals surface area contributed by atoms with E-state index in [0.717, 1.165) is 11.1 Å². The first-order chi connectivity index (χ1) is 7.18. The van der Waals surface area contributed by atoms with Crippen molar-refractivity contribution >= 4 is 34.8 Å². The lowest BCUT2D eigenvalue weighted by Crippen LogP contribution is -1.92. The van der Waals surface area contributed by atoms with Gasteiger partial charge in [-0.15, -0.1) is 11.6 Å². The Balaban J connectivity index is 2.38. The smallest absolute Gasteiger partial charge is 0.0952 e. The highest BCUT2D eigenvalue weighted by Gasteiger charge is 2.15. The van der Waals surface area contributed by atoms with E-state index in [-0.39, 0.29) is 5.38 Å². The highest BCUT2D eigenvalue weighted by Crippen LogP contribution is 2.34. The Morgan fingerprint density at radius 3 is 2.53 bits per heavy atom. The number of rotatable bonds is 2. The fourth-order valence-electron chi connectivity index (χ4n) is 1.31. The quantitative estimate of drug-likeness (QED) is 0.700. The summed E-state index contributed by atoms with van der Waals surface area (Å²) in [5, 5.41) is 0.844. The first-order valence-corrected chi connectivity index (χ1v) is 5.49. The van der Waals surface area contributed by atoms with E-state index in [9.17, 15) is 0 Å². The zero-order valence-electron chi connectivity index (χ0n) is 7.58. The molecule has 0 aliphatic carbocycles. The number of furan rings is 1. The largest absolute Gasteiger partial charge is 0.472 e. The second kappa shape index (κ2) is 4.48. The molecule has 1 unspecified atom stereocenters. The predicted molar refractivity (Wildman–Crippen MR) is 62.9 cm³/mol. The molecule has 0 saturated carbocycles. The van der Waals surface area contributed by atoms with Crippen molar-refractivity contribution in [1.82, 2.24) is 0 Å². The van der Waals surface area contributed by atoms with Crippen molar-refractivity contribution in [2.24, 2.45) is 0 Å². The summed E-state index contributed by atoms with van der Waals surface area (Å²) in [6, 6.07) is 7.06. The first kappa shape index (κ1) is 10.9. The molecule has 0 saturated heterocycles. The van der Waals surface area contributed by atoms with Crippen LogP contribution in [0.4, 0.5) is 0 Å². The van der Waals surface area contributed by atoms with Crippen molar-refractivity contribution in [3.05, 3.63) is 58.0 Å². The summed E-state index contributed by atoms with van der Waals surface area (Å²) in [5.41, 5.74) is 1.70. The molecule has 0 fully saturated rings. The van der Waals surface area contributed by atoms with Gasteiger partial charge in [0.05, 0.1) is 17.9 Å². The number of hydrogen-bond donors (Lipinski definition) is 0. The Kier molecular flexibility index (Phi) is 3.25. The van der Waals surface area contributed by atoms with E-state index in [1.165, 1.54) is 0 Å². The van der Waals surface area contributed by atoms with Gasteiger partial charge in [-0.25, -0.2) is 0 Å². The monoisotopic (exact) mass is 260 g/mol. The van der Waals surface area contributed by atoms with Gasteiger partial charge in [0, 0.05) is 15.6 Å². The average molecular weight is 262 g/mol. The maximum atomic E-state index is 6.24. The minimum absolute atomic E-state index is 0.312. The van der Waals surface area contributed by atoms with Gasteiger partial charge in [0.2, 0.25) is 0 Å². The van der Waals surface area contributed by atoms with Crippen LogP contribution in [0.2, 0.25) is 10.0 Å². The van der Waals surface area contributed by atoms with Crippen LogP contribution in [0.15, 0.2) is 41.2 Å². The van der Waals surface area contributed by atoms with E-state index < -0.39 is 0 Å². The van der Waals surface area contributed by atoms with Gasteiger partial charge in [-0.2, -0.15) is 0 Å². The van der Waals surface area contributed by atoms with Gasteiger partial charge in [-0.05, 0) is 23.8 Å². The Morgan fingerprint density at radius 1 is 1.13 bits per heavy atom. The third kappa shape index (κ3) is 2.31. The van der Waals surface area contributed by atoms with Crippen LogP contribution in [0.5, 0.6) is 0 Å². The van der Waals surface area contributed by atoms with E-state index in [1.807, 2.05) is 12.1 Å². The normalized spacial score (nSPS) is 12.7. The maximum Gasteiger partial charge on any atom is 0.0952 e. The van der Waals surface area contributed by atoms with E-state index >= 15 is 0 Å². The molecular formula is C11H7Cl3O. The number of hydrogen-bond acceptors (Lipinski definition) is 1. The minimum Gasteiger partial charge on any atom is -0.472 e. The van der Waals surface area contributed by atoms with Crippen molar-refractivity contribution < 1.29 is 4.42 Å². The molecule has 0 bridgehead atoms. The van der Waals surface area contributed by atoms with Crippen molar-refractivity contribution in [3.8, 4) is 0 Å². The maximum absolute atomic E-state index is 6.24. The second-order valence-corrected chi connectivity index (χ2v) is 4.37. The number of halogens is 3. The van der Waals surface area contributed by atoms with Crippen LogP contribution in [-0.2, 0) is 0 Å². The SMILES string of the molecule is Clc1ccc(C(Cl)c2ccoc2)c(Cl)c1. The third-order valence-corrected chi connectivity index (χ3v) is 3.12. The molecule has 2 aromatic rings. The Morgan fingerprint density at radius 2 is 1.93 bits per heavy atom. The summed E-state index contributed by atoms with van der Waals surface area (Å²) in [5.74, 6) is 0. The van der Waals surface area contributed by atoms with Gasteiger partial charge in [0.25, 0.3) is 0 Å². The minimum atomic E-state index is -0.312. The molecule has 0 radical (unpaired) electrons. The average Bonchev–Trinajstić information content (AvgIpc) is 2.69. The zero-order valence-corrected chi connectivity index (χ0v) is 9.85. The molecule has 1 aromatic carbocycles. The predicted octanol–water partition coefficient (Wildman–Crippen LogP) is 4.91. The van der Waals surface area contributed by atoms with Crippen LogP contribution in [0.1, 0.15) is 16.5 Å². The van der Waals surface area contributed by atoms with Gasteiger partial charge in [-0.1, -0.05) is 29.3 Å². The van der Waals surface area contributed by atoms with Crippen molar-refractivity contribution in [1.29, 1.82) is 0 Å². The summed E-state index contributed by atoms with van der Waals surface area (Å²) in [7, 11) is 0. The molecule has 0 aliphatic rings. The molecule has 0 spiro atoms. The molecule has 0 aliphatic heterocycles. The highest BCUT2D eigenvalue weighted by atomic mass is 35.5. The first-order valence-electron chi connectivity index (χ1n) is 4.29. The fourth-order valence-corrected chi connectivity index (χ4v) is 2.19. The third-order valence-electron chi connectivity index (χ3n) is 2.07. The van der Waals surface area contributed by atoms with Crippen LogP contribution in [0.3, 0.4) is 0 Å². The summed E-state index contributed by atoms with van der Waals surface area (Å²) in [6.45, 7) is 0. The van der Waals surface area contributed by atoms with Crippen LogP contribution >= 0.6 is 34.8 Å². The van der Waals surface area contributed by atoms with Crippen LogP contribution in [0, 0.1) is 0 Å². The topological polar surface area (TPSA) is 13.1 Å². The molecular weight excluding hydrogens is 254 g/mol. The van der Waals surface area contributed by atoms with Gasteiger partial charge in [0.15, 0.2) is 0 Å². The molecule has 15 heavy (non-hydrogen) atoms. The Labute approximate surface area is 103 Å². The summed E-state index contributed by atoms with van der Waals surface area (Å²) < 4.78 is 4.97. The fraction of sp³-hybridized carbons (Fsp3) is 0.0909. The van der Waals surface area contributed by atoms with Gasteiger partial charge in [-0.3, -0.25) is 0 Å². The summed E-state index contributed by atoms with van der Waals surface area (Å²) in [6.07, 6.45) is 3.18. The molecule has 4 heteroatoms. The molecule has 1 heterocycles. The standard InChI is InChI=1S/C11H7Cl3O/c12-8-1-2-9(10(13)5-8)11(14)7-3-4-15-6-7/h1-6,11H. The van der Waals surface area contributed by atoms with Gasteiger partial charge >= 0.3 is 0 Å². The van der Waals surface area contributed by atoms with E-state index in [2.05, 4.69) is 0 Å². The molecule has 1 aromatic heterocycles. The van der Waals surface area contributed by atoms with E-state index in [1.54, 1.807) is 24.7 Å². The zero-order chi connectivity index (χ0) is 10.8. The van der Waals surface area contributed by atoms with Crippen molar-refractivity contribution in [2.45, 2.75) is 5.38 Å². The van der Waals surface area contributed by atoms with Crippen LogP contribution in [0.25, 0.3) is 0 Å². The number of benzene rings is 1. The van der Waals surface area contributed by atoms with Crippen molar-refractivity contribution in [2.75, 3.05) is 0 Å².